The molecule has 0 atom stereocenters. The number of alkyl carbamates (subject to hydrolysis) is 1. The Morgan fingerprint density at radius 3 is 2.93 bits per heavy atom. The van der Waals surface area contributed by atoms with Crippen LogP contribution in [0, 0.1) is 0 Å². The number of methoxy groups -OCH3 is 1. The van der Waals surface area contributed by atoms with E-state index in [0.29, 0.717) is 13.2 Å². The van der Waals surface area contributed by atoms with Crippen molar-refractivity contribution in [2.45, 2.75) is 19.9 Å². The zero-order valence-electron chi connectivity index (χ0n) is 16.4. The highest BCUT2D eigenvalue weighted by molar-refractivity contribution is 5.82. The van der Waals surface area contributed by atoms with Crippen molar-refractivity contribution < 1.29 is 9.53 Å². The molecule has 1 aromatic carbocycles. The third-order valence-electron chi connectivity index (χ3n) is 4.27. The first-order valence-electron chi connectivity index (χ1n) is 8.78. The number of nitrogens with one attached hydrogen (secondary N) is 1. The highest BCUT2D eigenvalue weighted by Gasteiger charge is 2.08. The zero-order valence-corrected chi connectivity index (χ0v) is 16.4. The summed E-state index contributed by atoms with van der Waals surface area (Å²) in [7, 11) is 5.29. The Labute approximate surface area is 160 Å². The van der Waals surface area contributed by atoms with Crippen molar-refractivity contribution in [1.82, 2.24) is 14.9 Å². The number of aryl methyl sites for hydroxylation is 2. The van der Waals surface area contributed by atoms with E-state index >= 15 is 0 Å². The Kier molecular flexibility index (Phi) is 7.16. The van der Waals surface area contributed by atoms with Crippen LogP contribution in [0.2, 0.25) is 0 Å². The zero-order chi connectivity index (χ0) is 19.8. The summed E-state index contributed by atoms with van der Waals surface area (Å²) in [5.74, 6) is 0. The number of imidazole rings is 1. The van der Waals surface area contributed by atoms with Crippen LogP contribution in [-0.2, 0) is 24.8 Å². The smallest absolute Gasteiger partial charge is 0.407 e. The molecular weight excluding hydrogens is 342 g/mol. The molecule has 0 aliphatic rings. The van der Waals surface area contributed by atoms with Gasteiger partial charge in [0.05, 0.1) is 25.3 Å². The first-order chi connectivity index (χ1) is 13.0. The van der Waals surface area contributed by atoms with Gasteiger partial charge in [-0.2, -0.15) is 0 Å². The molecule has 7 heteroatoms. The number of nitrogens with zero attached hydrogens (tertiary/aromatic N) is 4. The van der Waals surface area contributed by atoms with Crippen LogP contribution in [0.5, 0.6) is 0 Å². The summed E-state index contributed by atoms with van der Waals surface area (Å²) >= 11 is 0. The quantitative estimate of drug-likeness (QED) is 0.726. The Balaban J connectivity index is 2.06. The van der Waals surface area contributed by atoms with Gasteiger partial charge in [0.2, 0.25) is 0 Å². The number of carbonyl (C=O) groups excluding carboxylic acids is 1. The molecule has 1 N–H and O–H groups in total. The monoisotopic (exact) mass is 369 g/mol. The summed E-state index contributed by atoms with van der Waals surface area (Å²) in [6.07, 6.45) is 5.74. The van der Waals surface area contributed by atoms with E-state index < -0.39 is 6.09 Å². The molecule has 2 aromatic rings. The maximum Gasteiger partial charge on any atom is 0.407 e. The Bertz CT molecular complexity index is 826. The van der Waals surface area contributed by atoms with Gasteiger partial charge in [0.15, 0.2) is 0 Å². The van der Waals surface area contributed by atoms with Crippen molar-refractivity contribution in [3.8, 4) is 0 Å². The van der Waals surface area contributed by atoms with Gasteiger partial charge in [0.1, 0.15) is 12.4 Å². The van der Waals surface area contributed by atoms with Gasteiger partial charge in [-0.1, -0.05) is 25.6 Å². The third kappa shape index (κ3) is 5.20. The van der Waals surface area contributed by atoms with Crippen LogP contribution in [0.25, 0.3) is 6.08 Å². The molecule has 2 rings (SSSR count). The van der Waals surface area contributed by atoms with Gasteiger partial charge in [-0.25, -0.2) is 9.78 Å². The molecule has 1 amide bonds. The predicted octanol–water partition coefficient (Wildman–Crippen LogP) is 2.99. The molecule has 0 fully saturated rings. The summed E-state index contributed by atoms with van der Waals surface area (Å²) in [5, 5.41) is 2.70. The summed E-state index contributed by atoms with van der Waals surface area (Å²) in [6.45, 7) is 6.87. The van der Waals surface area contributed by atoms with E-state index in [2.05, 4.69) is 50.6 Å². The summed E-state index contributed by atoms with van der Waals surface area (Å²) in [6, 6.07) is 6.15. The molecule has 27 heavy (non-hydrogen) atoms. The number of aromatic nitrogens is 2. The second kappa shape index (κ2) is 9.56. The molecule has 0 spiro atoms. The Hall–Kier alpha value is -3.09. The minimum Gasteiger partial charge on any atom is -0.453 e. The minimum absolute atomic E-state index is 0.433. The van der Waals surface area contributed by atoms with Crippen LogP contribution in [0.4, 0.5) is 10.5 Å². The van der Waals surface area contributed by atoms with Gasteiger partial charge in [0.25, 0.3) is 0 Å². The highest BCUT2D eigenvalue weighted by Crippen LogP contribution is 2.22. The molecule has 0 bridgehead atoms. The largest absolute Gasteiger partial charge is 0.453 e. The van der Waals surface area contributed by atoms with E-state index in [-0.39, 0.29) is 0 Å². The molecule has 0 unspecified atom stereocenters. The lowest BCUT2D eigenvalue weighted by molar-refractivity contribution is 0.170. The average molecular weight is 369 g/mol. The van der Waals surface area contributed by atoms with E-state index in [0.717, 1.165) is 29.1 Å². The van der Waals surface area contributed by atoms with Gasteiger partial charge in [-0.15, -0.1) is 0 Å². The van der Waals surface area contributed by atoms with Crippen molar-refractivity contribution in [2.24, 2.45) is 12.0 Å². The van der Waals surface area contributed by atoms with Gasteiger partial charge in [0, 0.05) is 26.3 Å². The van der Waals surface area contributed by atoms with Crippen molar-refractivity contribution in [3.05, 3.63) is 53.6 Å². The maximum atomic E-state index is 11.2. The fourth-order valence-corrected chi connectivity index (χ4v) is 2.78. The van der Waals surface area contributed by atoms with Gasteiger partial charge >= 0.3 is 6.09 Å². The van der Waals surface area contributed by atoms with Gasteiger partial charge in [-0.05, 0) is 29.7 Å². The van der Waals surface area contributed by atoms with Gasteiger partial charge < -0.3 is 19.5 Å². The van der Waals surface area contributed by atoms with Crippen molar-refractivity contribution >= 4 is 24.1 Å². The number of carbonyl (C=O) groups is 1. The number of aliphatic imine (C=N–C) groups is 1. The summed E-state index contributed by atoms with van der Waals surface area (Å²) in [4.78, 5) is 22.1. The first kappa shape index (κ1) is 20.2. The number of benzene rings is 1. The number of anilines is 1. The molecule has 1 aromatic heterocycles. The first-order valence-corrected chi connectivity index (χ1v) is 8.78. The predicted molar refractivity (Wildman–Crippen MR) is 109 cm³/mol. The molecule has 7 nitrogen and oxygen atoms in total. The normalized spacial score (nSPS) is 10.8. The topological polar surface area (TPSA) is 71.8 Å². The van der Waals surface area contributed by atoms with Crippen LogP contribution in [0.15, 0.2) is 36.1 Å². The lowest BCUT2D eigenvalue weighted by atomic mass is 10.1. The van der Waals surface area contributed by atoms with E-state index in [1.54, 1.807) is 18.6 Å². The van der Waals surface area contributed by atoms with Crippen LogP contribution in [-0.4, -0.2) is 42.7 Å². The molecule has 0 saturated heterocycles. The second-order valence-electron chi connectivity index (χ2n) is 6.14. The standard InChI is InChI=1S/C20H27N5O2/c1-6-16-10-15(11-22-20(26)27-5)8-9-19(16)24(3)13-21-12-17-18(7-2)25(4)14-23-17/h7-10,12,14H,2,6,11,13H2,1,3-5H3,(H,22,26). The number of hydrogen-bond acceptors (Lipinski definition) is 5. The number of ether oxygens (including phenoxy) is 1. The van der Waals surface area contributed by atoms with Crippen LogP contribution >= 0.6 is 0 Å². The number of amides is 1. The second-order valence-corrected chi connectivity index (χ2v) is 6.14. The van der Waals surface area contributed by atoms with Crippen LogP contribution < -0.4 is 10.2 Å². The van der Waals surface area contributed by atoms with Crippen molar-refractivity contribution in [2.75, 3.05) is 25.7 Å². The lowest BCUT2D eigenvalue weighted by Crippen LogP contribution is -2.23. The van der Waals surface area contributed by atoms with E-state index in [1.165, 1.54) is 12.7 Å². The maximum absolute atomic E-state index is 11.2. The minimum atomic E-state index is -0.433. The highest BCUT2D eigenvalue weighted by atomic mass is 16.5. The van der Waals surface area contributed by atoms with E-state index in [4.69, 9.17) is 0 Å². The van der Waals surface area contributed by atoms with E-state index in [1.807, 2.05) is 24.7 Å². The molecular formula is C20H27N5O2. The van der Waals surface area contributed by atoms with Crippen LogP contribution in [0.3, 0.4) is 0 Å². The van der Waals surface area contributed by atoms with Crippen molar-refractivity contribution in [1.29, 1.82) is 0 Å². The fraction of sp³-hybridized carbons (Fsp3) is 0.350. The SMILES string of the molecule is C=Cc1c(C=NCN(C)c2ccc(CNC(=O)OC)cc2CC)ncn1C. The lowest BCUT2D eigenvalue weighted by Gasteiger charge is -2.21. The molecule has 144 valence electrons. The molecule has 0 saturated carbocycles. The molecule has 0 aliphatic carbocycles. The summed E-state index contributed by atoms with van der Waals surface area (Å²) in [5.41, 5.74) is 5.09. The fourth-order valence-electron chi connectivity index (χ4n) is 2.78. The van der Waals surface area contributed by atoms with E-state index in [9.17, 15) is 4.79 Å². The third-order valence-corrected chi connectivity index (χ3v) is 4.27. The van der Waals surface area contributed by atoms with Gasteiger partial charge in [-0.3, -0.25) is 4.99 Å². The number of rotatable bonds is 8. The average Bonchev–Trinajstić information content (AvgIpc) is 3.04. The summed E-state index contributed by atoms with van der Waals surface area (Å²) < 4.78 is 6.51. The van der Waals surface area contributed by atoms with Crippen molar-refractivity contribution in [3.63, 3.8) is 0 Å². The van der Waals surface area contributed by atoms with Crippen LogP contribution in [0.1, 0.15) is 29.4 Å². The molecule has 1 heterocycles. The molecule has 0 aliphatic heterocycles. The number of hydrogen-bond donors (Lipinski definition) is 1. The Morgan fingerprint density at radius 2 is 2.26 bits per heavy atom. The molecule has 0 radical (unpaired) electrons. The Morgan fingerprint density at radius 1 is 1.48 bits per heavy atom.